The Morgan fingerprint density at radius 2 is 2.43 bits per heavy atom. The molecule has 0 amide bonds. The first-order valence-electron chi connectivity index (χ1n) is 5.40. The van der Waals surface area contributed by atoms with Crippen molar-refractivity contribution in [3.63, 3.8) is 0 Å². The fourth-order valence-electron chi connectivity index (χ4n) is 2.23. The molecular formula is C10H21N3O. The van der Waals surface area contributed by atoms with Crippen LogP contribution in [0.25, 0.3) is 0 Å². The van der Waals surface area contributed by atoms with Crippen molar-refractivity contribution in [2.75, 3.05) is 13.1 Å². The number of nitrogens with zero attached hydrogens (tertiary/aromatic N) is 2. The van der Waals surface area contributed by atoms with Crippen LogP contribution in [0.2, 0.25) is 0 Å². The molecule has 3 N–H and O–H groups in total. The molecule has 0 aromatic rings. The van der Waals surface area contributed by atoms with E-state index in [-0.39, 0.29) is 6.04 Å². The Balaban J connectivity index is 2.59. The first-order valence-corrected chi connectivity index (χ1v) is 5.40. The molecule has 0 aromatic heterocycles. The van der Waals surface area contributed by atoms with Gasteiger partial charge in [0.2, 0.25) is 0 Å². The van der Waals surface area contributed by atoms with Gasteiger partial charge < -0.3 is 10.9 Å². The zero-order chi connectivity index (χ0) is 10.6. The number of amidine groups is 1. The van der Waals surface area contributed by atoms with Gasteiger partial charge in [0, 0.05) is 6.54 Å². The highest BCUT2D eigenvalue weighted by Crippen LogP contribution is 2.18. The number of likely N-dealkylation sites (tertiary alicyclic amines) is 1. The zero-order valence-electron chi connectivity index (χ0n) is 9.11. The summed E-state index contributed by atoms with van der Waals surface area (Å²) in [7, 11) is 0. The monoisotopic (exact) mass is 199 g/mol. The van der Waals surface area contributed by atoms with Crippen molar-refractivity contribution < 1.29 is 5.21 Å². The molecule has 0 radical (unpaired) electrons. The highest BCUT2D eigenvalue weighted by molar-refractivity contribution is 5.85. The van der Waals surface area contributed by atoms with Gasteiger partial charge in [-0.15, -0.1) is 0 Å². The van der Waals surface area contributed by atoms with E-state index in [2.05, 4.69) is 23.9 Å². The smallest absolute Gasteiger partial charge is 0.156 e. The first-order chi connectivity index (χ1) is 6.69. The lowest BCUT2D eigenvalue weighted by molar-refractivity contribution is 0.155. The lowest BCUT2D eigenvalue weighted by atomic mass is 9.98. The van der Waals surface area contributed by atoms with E-state index in [0.717, 1.165) is 25.4 Å². The van der Waals surface area contributed by atoms with Gasteiger partial charge in [-0.3, -0.25) is 4.90 Å². The first kappa shape index (κ1) is 11.3. The van der Waals surface area contributed by atoms with Crippen LogP contribution in [-0.2, 0) is 0 Å². The van der Waals surface area contributed by atoms with Crippen molar-refractivity contribution in [1.29, 1.82) is 0 Å². The van der Waals surface area contributed by atoms with Crippen LogP contribution < -0.4 is 5.73 Å². The molecule has 0 spiro atoms. The minimum absolute atomic E-state index is 0.114. The van der Waals surface area contributed by atoms with Crippen molar-refractivity contribution in [2.24, 2.45) is 16.8 Å². The lowest BCUT2D eigenvalue weighted by Crippen LogP contribution is -2.48. The van der Waals surface area contributed by atoms with Crippen LogP contribution in [0.15, 0.2) is 5.16 Å². The Kier molecular flexibility index (Phi) is 4.20. The van der Waals surface area contributed by atoms with Crippen molar-refractivity contribution in [3.05, 3.63) is 0 Å². The van der Waals surface area contributed by atoms with Crippen LogP contribution in [0.5, 0.6) is 0 Å². The molecule has 4 nitrogen and oxygen atoms in total. The van der Waals surface area contributed by atoms with Gasteiger partial charge in [0.25, 0.3) is 0 Å². The largest absolute Gasteiger partial charge is 0.409 e. The van der Waals surface area contributed by atoms with Crippen LogP contribution in [0.3, 0.4) is 0 Å². The second-order valence-electron chi connectivity index (χ2n) is 4.19. The molecule has 0 aliphatic carbocycles. The molecule has 0 bridgehead atoms. The fraction of sp³-hybridized carbons (Fsp3) is 0.900. The molecule has 1 saturated heterocycles. The third-order valence-electron chi connectivity index (χ3n) is 2.97. The molecule has 82 valence electrons. The summed E-state index contributed by atoms with van der Waals surface area (Å²) in [5.41, 5.74) is 5.66. The van der Waals surface area contributed by atoms with Gasteiger partial charge in [0.1, 0.15) is 0 Å². The summed E-state index contributed by atoms with van der Waals surface area (Å²) in [6.45, 7) is 6.46. The minimum Gasteiger partial charge on any atom is -0.409 e. The van der Waals surface area contributed by atoms with E-state index in [0.29, 0.717) is 5.84 Å². The van der Waals surface area contributed by atoms with Crippen LogP contribution in [0.1, 0.15) is 33.1 Å². The molecule has 0 saturated carbocycles. The maximum absolute atomic E-state index is 8.67. The second-order valence-corrected chi connectivity index (χ2v) is 4.19. The van der Waals surface area contributed by atoms with E-state index in [1.165, 1.54) is 12.8 Å². The summed E-state index contributed by atoms with van der Waals surface area (Å²) >= 11 is 0. The summed E-state index contributed by atoms with van der Waals surface area (Å²) in [6.07, 6.45) is 3.42. The van der Waals surface area contributed by atoms with Crippen molar-refractivity contribution in [2.45, 2.75) is 39.2 Å². The Hall–Kier alpha value is -0.770. The summed E-state index contributed by atoms with van der Waals surface area (Å²) in [5.74, 6) is 1.07. The van der Waals surface area contributed by atoms with E-state index in [1.807, 2.05) is 0 Å². The number of nitrogens with two attached hydrogens (primary N) is 1. The van der Waals surface area contributed by atoms with E-state index in [4.69, 9.17) is 10.9 Å². The SMILES string of the molecule is CCC(/C(N)=N/O)N1CCCC(C)C1. The number of rotatable bonds is 3. The molecule has 0 aromatic carbocycles. The maximum atomic E-state index is 8.67. The van der Waals surface area contributed by atoms with Gasteiger partial charge in [-0.1, -0.05) is 19.0 Å². The van der Waals surface area contributed by atoms with Gasteiger partial charge in [0.15, 0.2) is 5.84 Å². The fourth-order valence-corrected chi connectivity index (χ4v) is 2.23. The molecule has 4 heteroatoms. The van der Waals surface area contributed by atoms with Gasteiger partial charge in [-0.2, -0.15) is 0 Å². The van der Waals surface area contributed by atoms with Gasteiger partial charge in [-0.05, 0) is 31.7 Å². The van der Waals surface area contributed by atoms with Crippen molar-refractivity contribution in [1.82, 2.24) is 4.90 Å². The molecule has 1 aliphatic heterocycles. The summed E-state index contributed by atoms with van der Waals surface area (Å²) in [4.78, 5) is 2.32. The standard InChI is InChI=1S/C10H21N3O/c1-3-9(10(11)12-14)13-6-4-5-8(2)7-13/h8-9,14H,3-7H2,1-2H3,(H2,11,12). The van der Waals surface area contributed by atoms with E-state index >= 15 is 0 Å². The highest BCUT2D eigenvalue weighted by Gasteiger charge is 2.25. The molecule has 2 unspecified atom stereocenters. The maximum Gasteiger partial charge on any atom is 0.156 e. The predicted molar refractivity (Wildman–Crippen MR) is 57.5 cm³/mol. The van der Waals surface area contributed by atoms with Crippen LogP contribution in [0.4, 0.5) is 0 Å². The molecule has 1 rings (SSSR count). The zero-order valence-corrected chi connectivity index (χ0v) is 9.11. The Bertz CT molecular complexity index is 206. The number of hydrogen-bond donors (Lipinski definition) is 2. The van der Waals surface area contributed by atoms with Gasteiger partial charge >= 0.3 is 0 Å². The average Bonchev–Trinajstić information content (AvgIpc) is 2.19. The van der Waals surface area contributed by atoms with Crippen molar-refractivity contribution >= 4 is 5.84 Å². The molecule has 14 heavy (non-hydrogen) atoms. The van der Waals surface area contributed by atoms with Crippen LogP contribution in [0, 0.1) is 5.92 Å². The molecule has 2 atom stereocenters. The molecule has 1 aliphatic rings. The van der Waals surface area contributed by atoms with Gasteiger partial charge in [0.05, 0.1) is 6.04 Å². The predicted octanol–water partition coefficient (Wildman–Crippen LogP) is 1.24. The summed E-state index contributed by atoms with van der Waals surface area (Å²) in [6, 6.07) is 0.114. The molecular weight excluding hydrogens is 178 g/mol. The van der Waals surface area contributed by atoms with Crippen LogP contribution >= 0.6 is 0 Å². The highest BCUT2D eigenvalue weighted by atomic mass is 16.4. The lowest BCUT2D eigenvalue weighted by Gasteiger charge is -2.36. The van der Waals surface area contributed by atoms with Crippen LogP contribution in [-0.4, -0.2) is 35.1 Å². The third-order valence-corrected chi connectivity index (χ3v) is 2.97. The Morgan fingerprint density at radius 1 is 1.71 bits per heavy atom. The quantitative estimate of drug-likeness (QED) is 0.311. The number of oxime groups is 1. The topological polar surface area (TPSA) is 61.9 Å². The van der Waals surface area contributed by atoms with E-state index in [1.54, 1.807) is 0 Å². The number of piperidine rings is 1. The Labute approximate surface area is 85.8 Å². The summed E-state index contributed by atoms with van der Waals surface area (Å²) in [5, 5.41) is 11.8. The van der Waals surface area contributed by atoms with E-state index in [9.17, 15) is 0 Å². The van der Waals surface area contributed by atoms with E-state index < -0.39 is 0 Å². The van der Waals surface area contributed by atoms with Crippen molar-refractivity contribution in [3.8, 4) is 0 Å². The average molecular weight is 199 g/mol. The third kappa shape index (κ3) is 2.61. The summed E-state index contributed by atoms with van der Waals surface area (Å²) < 4.78 is 0. The molecule has 1 fully saturated rings. The normalized spacial score (nSPS) is 27.6. The molecule has 1 heterocycles. The van der Waals surface area contributed by atoms with Gasteiger partial charge in [-0.25, -0.2) is 0 Å². The Morgan fingerprint density at radius 3 is 2.93 bits per heavy atom. The minimum atomic E-state index is 0.114. The number of hydrogen-bond acceptors (Lipinski definition) is 3. The second kappa shape index (κ2) is 5.20.